The van der Waals surface area contributed by atoms with E-state index in [1.807, 2.05) is 6.07 Å². The third kappa shape index (κ3) is 2.42. The van der Waals surface area contributed by atoms with Gasteiger partial charge in [0.05, 0.1) is 5.60 Å². The van der Waals surface area contributed by atoms with Crippen molar-refractivity contribution in [2.45, 2.75) is 30.9 Å². The predicted octanol–water partition coefficient (Wildman–Crippen LogP) is 2.27. The number of aliphatic hydroxyl groups is 1. The molecule has 1 aliphatic heterocycles. The van der Waals surface area contributed by atoms with Crippen LogP contribution in [0.3, 0.4) is 0 Å². The molecule has 1 fully saturated rings. The first kappa shape index (κ1) is 12.5. The molecule has 98 valence electrons. The van der Waals surface area contributed by atoms with E-state index < -0.39 is 5.60 Å². The second-order valence-corrected chi connectivity index (χ2v) is 6.45. The Morgan fingerprint density at radius 2 is 2.39 bits per heavy atom. The molecule has 2 atom stereocenters. The fraction of sp³-hybridized carbons (Fsp3) is 0.571. The third-order valence-electron chi connectivity index (χ3n) is 3.95. The molecule has 1 aliphatic carbocycles. The Bertz CT molecular complexity index is 445. The average molecular weight is 267 g/mol. The maximum atomic E-state index is 13.3. The molecule has 2 nitrogen and oxygen atoms in total. The lowest BCUT2D eigenvalue weighted by Crippen LogP contribution is -2.41. The smallest absolute Gasteiger partial charge is 0.123 e. The number of aryl methyl sites for hydroxylation is 1. The minimum absolute atomic E-state index is 0.169. The van der Waals surface area contributed by atoms with Gasteiger partial charge >= 0.3 is 0 Å². The van der Waals surface area contributed by atoms with Crippen molar-refractivity contribution >= 4 is 11.8 Å². The monoisotopic (exact) mass is 267 g/mol. The minimum Gasteiger partial charge on any atom is -0.388 e. The summed E-state index contributed by atoms with van der Waals surface area (Å²) in [4.78, 5) is 0. The minimum atomic E-state index is -0.569. The van der Waals surface area contributed by atoms with Crippen molar-refractivity contribution < 1.29 is 9.50 Å². The molecule has 1 aromatic rings. The highest BCUT2D eigenvalue weighted by atomic mass is 32.2. The summed E-state index contributed by atoms with van der Waals surface area (Å²) < 4.78 is 13.3. The molecule has 2 aliphatic rings. The molecule has 1 saturated heterocycles. The van der Waals surface area contributed by atoms with E-state index in [0.717, 1.165) is 36.3 Å². The zero-order valence-electron chi connectivity index (χ0n) is 10.3. The van der Waals surface area contributed by atoms with Crippen molar-refractivity contribution in [1.82, 2.24) is 5.32 Å². The summed E-state index contributed by atoms with van der Waals surface area (Å²) in [7, 11) is 0. The van der Waals surface area contributed by atoms with Gasteiger partial charge in [0, 0.05) is 18.3 Å². The van der Waals surface area contributed by atoms with E-state index >= 15 is 0 Å². The summed E-state index contributed by atoms with van der Waals surface area (Å²) >= 11 is 1.80. The Balaban J connectivity index is 1.67. The fourth-order valence-corrected chi connectivity index (χ4v) is 4.13. The van der Waals surface area contributed by atoms with E-state index in [2.05, 4.69) is 5.32 Å². The maximum Gasteiger partial charge on any atom is 0.123 e. The number of nitrogens with one attached hydrogen (secondary N) is 1. The predicted molar refractivity (Wildman–Crippen MR) is 72.4 cm³/mol. The molecule has 0 aromatic heterocycles. The zero-order chi connectivity index (χ0) is 12.6. The molecule has 0 saturated carbocycles. The van der Waals surface area contributed by atoms with Crippen molar-refractivity contribution in [3.8, 4) is 0 Å². The fourth-order valence-electron chi connectivity index (χ4n) is 2.83. The van der Waals surface area contributed by atoms with E-state index in [-0.39, 0.29) is 11.9 Å². The zero-order valence-corrected chi connectivity index (χ0v) is 11.1. The van der Waals surface area contributed by atoms with E-state index in [1.54, 1.807) is 17.8 Å². The number of rotatable bonds is 3. The van der Waals surface area contributed by atoms with Gasteiger partial charge in [0.1, 0.15) is 5.82 Å². The van der Waals surface area contributed by atoms with Crippen LogP contribution in [0.1, 0.15) is 30.0 Å². The Kier molecular flexibility index (Phi) is 3.34. The van der Waals surface area contributed by atoms with Crippen LogP contribution in [0.5, 0.6) is 0 Å². The van der Waals surface area contributed by atoms with Gasteiger partial charge in [-0.3, -0.25) is 0 Å². The summed E-state index contributed by atoms with van der Waals surface area (Å²) in [5.41, 5.74) is 1.74. The van der Waals surface area contributed by atoms with Crippen molar-refractivity contribution in [2.24, 2.45) is 0 Å². The van der Waals surface area contributed by atoms with Gasteiger partial charge < -0.3 is 10.4 Å². The standard InChI is InChI=1S/C14H18FNOS/c15-11-3-1-10-2-4-13(12(10)7-11)16-8-14(17)5-6-18-9-14/h1,3,7,13,16-17H,2,4-6,8-9H2. The van der Waals surface area contributed by atoms with Crippen LogP contribution in [0, 0.1) is 5.82 Å². The van der Waals surface area contributed by atoms with Crippen LogP contribution in [-0.2, 0) is 6.42 Å². The van der Waals surface area contributed by atoms with Gasteiger partial charge in [-0.05, 0) is 48.3 Å². The molecule has 0 amide bonds. The average Bonchev–Trinajstić information content (AvgIpc) is 2.94. The molecule has 18 heavy (non-hydrogen) atoms. The second kappa shape index (κ2) is 4.83. The lowest BCUT2D eigenvalue weighted by Gasteiger charge is -2.24. The Labute approximate surface area is 111 Å². The highest BCUT2D eigenvalue weighted by Crippen LogP contribution is 2.33. The third-order valence-corrected chi connectivity index (χ3v) is 5.18. The lowest BCUT2D eigenvalue weighted by molar-refractivity contribution is 0.0646. The number of hydrogen-bond acceptors (Lipinski definition) is 3. The highest BCUT2D eigenvalue weighted by Gasteiger charge is 2.33. The van der Waals surface area contributed by atoms with E-state index in [1.165, 1.54) is 11.6 Å². The van der Waals surface area contributed by atoms with Crippen LogP contribution in [0.2, 0.25) is 0 Å². The molecule has 2 unspecified atom stereocenters. The molecule has 2 N–H and O–H groups in total. The first-order valence-corrected chi connectivity index (χ1v) is 7.64. The van der Waals surface area contributed by atoms with Gasteiger partial charge in [-0.25, -0.2) is 4.39 Å². The van der Waals surface area contributed by atoms with Crippen molar-refractivity contribution in [2.75, 3.05) is 18.1 Å². The van der Waals surface area contributed by atoms with Crippen LogP contribution in [-0.4, -0.2) is 28.8 Å². The van der Waals surface area contributed by atoms with E-state index in [0.29, 0.717) is 6.54 Å². The number of benzene rings is 1. The molecular weight excluding hydrogens is 249 g/mol. The molecule has 4 heteroatoms. The normalized spacial score (nSPS) is 30.7. The Morgan fingerprint density at radius 3 is 3.17 bits per heavy atom. The Hall–Kier alpha value is -0.580. The largest absolute Gasteiger partial charge is 0.388 e. The summed E-state index contributed by atoms with van der Waals surface area (Å²) in [6.45, 7) is 0.612. The number of thioether (sulfide) groups is 1. The van der Waals surface area contributed by atoms with Crippen LogP contribution in [0.25, 0.3) is 0 Å². The number of fused-ring (bicyclic) bond motifs is 1. The molecular formula is C14H18FNOS. The summed E-state index contributed by atoms with van der Waals surface area (Å²) in [6, 6.07) is 5.24. The van der Waals surface area contributed by atoms with Crippen molar-refractivity contribution in [3.63, 3.8) is 0 Å². The van der Waals surface area contributed by atoms with Crippen LogP contribution < -0.4 is 5.32 Å². The van der Waals surface area contributed by atoms with Crippen LogP contribution >= 0.6 is 11.8 Å². The SMILES string of the molecule is OC1(CNC2CCc3ccc(F)cc32)CCSC1. The van der Waals surface area contributed by atoms with Crippen molar-refractivity contribution in [1.29, 1.82) is 0 Å². The van der Waals surface area contributed by atoms with E-state index in [4.69, 9.17) is 0 Å². The lowest BCUT2D eigenvalue weighted by atomic mass is 10.0. The van der Waals surface area contributed by atoms with Gasteiger partial charge in [-0.15, -0.1) is 0 Å². The molecule has 3 rings (SSSR count). The van der Waals surface area contributed by atoms with Gasteiger partial charge in [0.25, 0.3) is 0 Å². The summed E-state index contributed by atoms with van der Waals surface area (Å²) in [5.74, 6) is 1.68. The molecule has 1 heterocycles. The van der Waals surface area contributed by atoms with Gasteiger partial charge in [-0.2, -0.15) is 11.8 Å². The quantitative estimate of drug-likeness (QED) is 0.881. The van der Waals surface area contributed by atoms with Crippen LogP contribution in [0.4, 0.5) is 4.39 Å². The summed E-state index contributed by atoms with van der Waals surface area (Å²) in [5, 5.41) is 13.7. The molecule has 1 aromatic carbocycles. The molecule has 0 radical (unpaired) electrons. The number of halogens is 1. The molecule has 0 bridgehead atoms. The van der Waals surface area contributed by atoms with Crippen molar-refractivity contribution in [3.05, 3.63) is 35.1 Å². The second-order valence-electron chi connectivity index (χ2n) is 5.34. The Morgan fingerprint density at radius 1 is 1.50 bits per heavy atom. The van der Waals surface area contributed by atoms with Gasteiger partial charge in [-0.1, -0.05) is 6.07 Å². The van der Waals surface area contributed by atoms with E-state index in [9.17, 15) is 9.50 Å². The topological polar surface area (TPSA) is 32.3 Å². The summed E-state index contributed by atoms with van der Waals surface area (Å²) in [6.07, 6.45) is 2.86. The highest BCUT2D eigenvalue weighted by molar-refractivity contribution is 7.99. The first-order chi connectivity index (χ1) is 8.66. The van der Waals surface area contributed by atoms with Crippen LogP contribution in [0.15, 0.2) is 18.2 Å². The number of hydrogen-bond donors (Lipinski definition) is 2. The van der Waals surface area contributed by atoms with Gasteiger partial charge in [0.2, 0.25) is 0 Å². The maximum absolute atomic E-state index is 13.3. The first-order valence-electron chi connectivity index (χ1n) is 6.48. The van der Waals surface area contributed by atoms with Gasteiger partial charge in [0.15, 0.2) is 0 Å². The molecule has 0 spiro atoms.